The maximum Gasteiger partial charge on any atom is 0.246 e. The van der Waals surface area contributed by atoms with Gasteiger partial charge in [-0.25, -0.2) is 4.39 Å². The number of ether oxygens (including phenoxy) is 1. The monoisotopic (exact) mass is 292 g/mol. The molecule has 0 aliphatic heterocycles. The Bertz CT molecular complexity index is 642. The van der Waals surface area contributed by atoms with Crippen LogP contribution >= 0.6 is 0 Å². The number of nitrogens with two attached hydrogens (primary N) is 1. The third-order valence-corrected chi connectivity index (χ3v) is 2.87. The number of carbonyl (C=O) groups excluding carboxylic acids is 1. The van der Waals surface area contributed by atoms with Crippen molar-refractivity contribution in [2.24, 2.45) is 12.8 Å². The first-order valence-corrected chi connectivity index (χ1v) is 6.48. The number of aromatic nitrogens is 2. The van der Waals surface area contributed by atoms with Crippen LogP contribution in [0.4, 0.5) is 10.1 Å². The number of aryl methyl sites for hydroxylation is 1. The van der Waals surface area contributed by atoms with Gasteiger partial charge in [-0.05, 0) is 19.1 Å². The van der Waals surface area contributed by atoms with Crippen molar-refractivity contribution in [2.45, 2.75) is 13.0 Å². The maximum absolute atomic E-state index is 13.7. The van der Waals surface area contributed by atoms with Gasteiger partial charge in [0.05, 0.1) is 12.8 Å². The first kappa shape index (κ1) is 15.0. The van der Waals surface area contributed by atoms with Gasteiger partial charge in [0, 0.05) is 30.6 Å². The Labute approximate surface area is 121 Å². The molecule has 0 radical (unpaired) electrons. The average molecular weight is 292 g/mol. The molecule has 0 aliphatic carbocycles. The van der Waals surface area contributed by atoms with Crippen LogP contribution in [0.3, 0.4) is 0 Å². The molecule has 1 amide bonds. The molecule has 6 nitrogen and oxygen atoms in total. The van der Waals surface area contributed by atoms with E-state index in [2.05, 4.69) is 10.4 Å². The van der Waals surface area contributed by atoms with Crippen LogP contribution in [0.1, 0.15) is 18.5 Å². The first-order valence-electron chi connectivity index (χ1n) is 6.48. The van der Waals surface area contributed by atoms with E-state index in [1.54, 1.807) is 30.9 Å². The minimum absolute atomic E-state index is 0.145. The van der Waals surface area contributed by atoms with Crippen LogP contribution in [0.2, 0.25) is 0 Å². The number of amides is 1. The van der Waals surface area contributed by atoms with Gasteiger partial charge in [-0.1, -0.05) is 0 Å². The van der Waals surface area contributed by atoms with Crippen LogP contribution in [0.25, 0.3) is 0 Å². The number of halogens is 1. The van der Waals surface area contributed by atoms with Gasteiger partial charge in [-0.3, -0.25) is 9.48 Å². The van der Waals surface area contributed by atoms with Crippen molar-refractivity contribution in [1.82, 2.24) is 9.78 Å². The predicted molar refractivity (Wildman–Crippen MR) is 76.3 cm³/mol. The highest BCUT2D eigenvalue weighted by Crippen LogP contribution is 2.22. The van der Waals surface area contributed by atoms with Gasteiger partial charge in [0.25, 0.3) is 0 Å². The van der Waals surface area contributed by atoms with Gasteiger partial charge in [-0.2, -0.15) is 5.10 Å². The van der Waals surface area contributed by atoms with Crippen molar-refractivity contribution in [3.63, 3.8) is 0 Å². The lowest BCUT2D eigenvalue weighted by Gasteiger charge is -2.12. The molecule has 1 aromatic carbocycles. The second-order valence-corrected chi connectivity index (χ2v) is 4.49. The summed E-state index contributed by atoms with van der Waals surface area (Å²) in [7, 11) is 1.73. The van der Waals surface area contributed by atoms with Crippen molar-refractivity contribution < 1.29 is 13.9 Å². The fourth-order valence-electron chi connectivity index (χ4n) is 1.82. The molecule has 21 heavy (non-hydrogen) atoms. The summed E-state index contributed by atoms with van der Waals surface area (Å²) in [4.78, 5) is 12.0. The second kappa shape index (κ2) is 6.36. The standard InChI is InChI=1S/C14H17FN4O2/c1-3-21-12-5-4-10(6-11(12)15)18-14(20)13(16)9-7-17-19(2)8-9/h4-8,13H,3,16H2,1-2H3,(H,18,20). The molecule has 2 rings (SSSR count). The summed E-state index contributed by atoms with van der Waals surface area (Å²) in [6, 6.07) is 3.35. The number of benzene rings is 1. The highest BCUT2D eigenvalue weighted by molar-refractivity contribution is 5.95. The summed E-state index contributed by atoms with van der Waals surface area (Å²) >= 11 is 0. The van der Waals surface area contributed by atoms with Gasteiger partial charge in [0.15, 0.2) is 11.6 Å². The molecule has 1 atom stereocenters. The zero-order chi connectivity index (χ0) is 15.4. The number of hydrogen-bond acceptors (Lipinski definition) is 4. The van der Waals surface area contributed by atoms with Crippen molar-refractivity contribution in [2.75, 3.05) is 11.9 Å². The lowest BCUT2D eigenvalue weighted by atomic mass is 10.1. The summed E-state index contributed by atoms with van der Waals surface area (Å²) < 4.78 is 20.3. The van der Waals surface area contributed by atoms with E-state index in [0.29, 0.717) is 17.9 Å². The Kier molecular flexibility index (Phi) is 4.54. The number of carbonyl (C=O) groups is 1. The smallest absolute Gasteiger partial charge is 0.246 e. The van der Waals surface area contributed by atoms with E-state index in [9.17, 15) is 9.18 Å². The van der Waals surface area contributed by atoms with Crippen molar-refractivity contribution >= 4 is 11.6 Å². The molecule has 3 N–H and O–H groups in total. The van der Waals surface area contributed by atoms with E-state index in [1.807, 2.05) is 0 Å². The maximum atomic E-state index is 13.7. The number of rotatable bonds is 5. The van der Waals surface area contributed by atoms with Gasteiger partial charge in [-0.15, -0.1) is 0 Å². The Balaban J connectivity index is 2.07. The number of hydrogen-bond donors (Lipinski definition) is 2. The second-order valence-electron chi connectivity index (χ2n) is 4.49. The van der Waals surface area contributed by atoms with Gasteiger partial charge >= 0.3 is 0 Å². The number of nitrogens with zero attached hydrogens (tertiary/aromatic N) is 2. The topological polar surface area (TPSA) is 82.2 Å². The highest BCUT2D eigenvalue weighted by Gasteiger charge is 2.18. The Morgan fingerprint density at radius 2 is 2.33 bits per heavy atom. The molecule has 0 saturated carbocycles. The Morgan fingerprint density at radius 1 is 1.57 bits per heavy atom. The summed E-state index contributed by atoms with van der Waals surface area (Å²) in [5.74, 6) is -0.830. The molecule has 1 unspecified atom stereocenters. The first-order chi connectivity index (χ1) is 10.0. The van der Waals surface area contributed by atoms with E-state index in [-0.39, 0.29) is 5.75 Å². The molecule has 0 aliphatic rings. The minimum Gasteiger partial charge on any atom is -0.491 e. The summed E-state index contributed by atoms with van der Waals surface area (Å²) in [5.41, 5.74) is 6.74. The van der Waals surface area contributed by atoms with Crippen LogP contribution < -0.4 is 15.8 Å². The SMILES string of the molecule is CCOc1ccc(NC(=O)C(N)c2cnn(C)c2)cc1F. The summed E-state index contributed by atoms with van der Waals surface area (Å²) in [5, 5.41) is 6.52. The van der Waals surface area contributed by atoms with Crippen LogP contribution in [0.15, 0.2) is 30.6 Å². The van der Waals surface area contributed by atoms with Crippen molar-refractivity contribution in [3.8, 4) is 5.75 Å². The van der Waals surface area contributed by atoms with Crippen molar-refractivity contribution in [3.05, 3.63) is 42.0 Å². The molecule has 0 spiro atoms. The summed E-state index contributed by atoms with van der Waals surface area (Å²) in [6.07, 6.45) is 3.17. The molecule has 0 bridgehead atoms. The molecular formula is C14H17FN4O2. The normalized spacial score (nSPS) is 12.0. The van der Waals surface area contributed by atoms with E-state index >= 15 is 0 Å². The number of anilines is 1. The third-order valence-electron chi connectivity index (χ3n) is 2.87. The van der Waals surface area contributed by atoms with Gasteiger partial charge in [0.2, 0.25) is 5.91 Å². The fraction of sp³-hybridized carbons (Fsp3) is 0.286. The molecule has 1 aromatic heterocycles. The van der Waals surface area contributed by atoms with Crippen molar-refractivity contribution in [1.29, 1.82) is 0 Å². The molecule has 2 aromatic rings. The molecule has 112 valence electrons. The lowest BCUT2D eigenvalue weighted by Crippen LogP contribution is -2.27. The average Bonchev–Trinajstić information content (AvgIpc) is 2.87. The Hall–Kier alpha value is -2.41. The van der Waals surface area contributed by atoms with E-state index in [0.717, 1.165) is 0 Å². The quantitative estimate of drug-likeness (QED) is 0.877. The van der Waals surface area contributed by atoms with Gasteiger partial charge < -0.3 is 15.8 Å². The number of nitrogens with one attached hydrogen (secondary N) is 1. The molecule has 7 heteroatoms. The molecule has 0 saturated heterocycles. The van der Waals surface area contributed by atoms with Crippen LogP contribution in [-0.2, 0) is 11.8 Å². The highest BCUT2D eigenvalue weighted by atomic mass is 19.1. The predicted octanol–water partition coefficient (Wildman–Crippen LogP) is 1.60. The van der Waals surface area contributed by atoms with E-state index < -0.39 is 17.8 Å². The van der Waals surface area contributed by atoms with Gasteiger partial charge in [0.1, 0.15) is 6.04 Å². The lowest BCUT2D eigenvalue weighted by molar-refractivity contribution is -0.117. The fourth-order valence-corrected chi connectivity index (χ4v) is 1.82. The van der Waals surface area contributed by atoms with E-state index in [1.165, 1.54) is 18.3 Å². The molecule has 1 heterocycles. The van der Waals surface area contributed by atoms with E-state index in [4.69, 9.17) is 10.5 Å². The Morgan fingerprint density at radius 3 is 2.90 bits per heavy atom. The van der Waals surface area contributed by atoms with Crippen LogP contribution in [-0.4, -0.2) is 22.3 Å². The molecule has 0 fully saturated rings. The van der Waals surface area contributed by atoms with Crippen LogP contribution in [0, 0.1) is 5.82 Å². The summed E-state index contributed by atoms with van der Waals surface area (Å²) in [6.45, 7) is 2.14. The zero-order valence-corrected chi connectivity index (χ0v) is 11.8. The zero-order valence-electron chi connectivity index (χ0n) is 11.8. The van der Waals surface area contributed by atoms with Crippen LogP contribution in [0.5, 0.6) is 5.75 Å². The largest absolute Gasteiger partial charge is 0.491 e. The molecular weight excluding hydrogens is 275 g/mol. The minimum atomic E-state index is -0.867. The third kappa shape index (κ3) is 3.57.